The maximum atomic E-state index is 13.4. The van der Waals surface area contributed by atoms with Gasteiger partial charge in [-0.1, -0.05) is 42.5 Å². The van der Waals surface area contributed by atoms with Crippen LogP contribution in [0.1, 0.15) is 22.5 Å². The summed E-state index contributed by atoms with van der Waals surface area (Å²) in [5.74, 6) is 1.33. The fraction of sp³-hybridized carbons (Fsp3) is 0.160. The Morgan fingerprint density at radius 3 is 2.22 bits per heavy atom. The summed E-state index contributed by atoms with van der Waals surface area (Å²) in [7, 11) is 0. The van der Waals surface area contributed by atoms with Gasteiger partial charge in [-0.3, -0.25) is 0 Å². The fourth-order valence-electron chi connectivity index (χ4n) is 4.14. The van der Waals surface area contributed by atoms with E-state index in [4.69, 9.17) is 10.5 Å². The number of nitrogens with two attached hydrogens (primary N) is 1. The van der Waals surface area contributed by atoms with Crippen molar-refractivity contribution < 1.29 is 17.9 Å². The monoisotopic (exact) mass is 435 g/mol. The van der Waals surface area contributed by atoms with E-state index < -0.39 is 17.3 Å². The first-order valence-electron chi connectivity index (χ1n) is 10.2. The van der Waals surface area contributed by atoms with Gasteiger partial charge in [-0.25, -0.2) is 4.98 Å². The molecule has 0 amide bonds. The molecule has 5 rings (SSSR count). The second-order valence-electron chi connectivity index (χ2n) is 8.04. The van der Waals surface area contributed by atoms with E-state index >= 15 is 0 Å². The number of halogens is 3. The number of benzene rings is 3. The van der Waals surface area contributed by atoms with Crippen LogP contribution < -0.4 is 10.5 Å². The van der Waals surface area contributed by atoms with Crippen LogP contribution in [0.4, 0.5) is 13.2 Å². The second kappa shape index (κ2) is 7.53. The number of aromatic amines is 1. The van der Waals surface area contributed by atoms with Gasteiger partial charge in [0.05, 0.1) is 16.8 Å². The minimum Gasteiger partial charge on any atom is -0.457 e. The number of aromatic nitrogens is 2. The molecule has 4 aromatic rings. The zero-order valence-corrected chi connectivity index (χ0v) is 17.0. The number of hydrogen-bond acceptors (Lipinski definition) is 3. The van der Waals surface area contributed by atoms with Crippen LogP contribution in [0.5, 0.6) is 11.5 Å². The van der Waals surface area contributed by atoms with Crippen LogP contribution in [0.2, 0.25) is 0 Å². The number of H-pyrrole nitrogens is 1. The molecule has 0 aliphatic heterocycles. The van der Waals surface area contributed by atoms with Crippen LogP contribution in [0, 0.1) is 0 Å². The molecule has 32 heavy (non-hydrogen) atoms. The molecule has 0 saturated carbocycles. The fourth-order valence-corrected chi connectivity index (χ4v) is 4.14. The normalized spacial score (nSPS) is 14.9. The van der Waals surface area contributed by atoms with Crippen molar-refractivity contribution in [1.29, 1.82) is 0 Å². The van der Waals surface area contributed by atoms with E-state index in [2.05, 4.69) is 9.97 Å². The van der Waals surface area contributed by atoms with E-state index in [1.165, 1.54) is 6.07 Å². The Hall–Kier alpha value is -3.58. The molecule has 0 fully saturated rings. The topological polar surface area (TPSA) is 63.9 Å². The van der Waals surface area contributed by atoms with Gasteiger partial charge in [-0.2, -0.15) is 13.2 Å². The lowest BCUT2D eigenvalue weighted by molar-refractivity contribution is -0.137. The van der Waals surface area contributed by atoms with Gasteiger partial charge in [0, 0.05) is 11.8 Å². The van der Waals surface area contributed by atoms with E-state index in [1.807, 2.05) is 30.3 Å². The lowest BCUT2D eigenvalue weighted by atomic mass is 9.96. The molecule has 1 aliphatic rings. The van der Waals surface area contributed by atoms with Crippen LogP contribution in [-0.2, 0) is 24.6 Å². The van der Waals surface area contributed by atoms with E-state index in [1.54, 1.807) is 30.5 Å². The smallest absolute Gasteiger partial charge is 0.416 e. The highest BCUT2D eigenvalue weighted by molar-refractivity contribution is 5.69. The highest BCUT2D eigenvalue weighted by Gasteiger charge is 2.38. The van der Waals surface area contributed by atoms with Crippen LogP contribution in [0.25, 0.3) is 11.3 Å². The first kappa shape index (κ1) is 20.3. The highest BCUT2D eigenvalue weighted by Crippen LogP contribution is 2.40. The SMILES string of the molecule is NC1(c2nc(-c3cc(C(F)(F)F)ccc3Oc3ccccc3)c[nH]2)Cc2ccccc2C1. The quantitative estimate of drug-likeness (QED) is 0.423. The Morgan fingerprint density at radius 1 is 0.906 bits per heavy atom. The molecule has 1 aliphatic carbocycles. The first-order chi connectivity index (χ1) is 15.3. The third-order valence-electron chi connectivity index (χ3n) is 5.73. The zero-order valence-electron chi connectivity index (χ0n) is 17.0. The standard InChI is InChI=1S/C25H20F3N3O/c26-25(27,28)18-10-11-22(32-19-8-2-1-3-9-19)20(12-18)21-15-30-23(31-21)24(29)13-16-6-4-5-7-17(16)14-24/h1-12,15H,13-14,29H2,(H,30,31). The summed E-state index contributed by atoms with van der Waals surface area (Å²) in [6.07, 6.45) is -1.69. The van der Waals surface area contributed by atoms with Gasteiger partial charge in [0.2, 0.25) is 0 Å². The molecule has 1 heterocycles. The highest BCUT2D eigenvalue weighted by atomic mass is 19.4. The second-order valence-corrected chi connectivity index (χ2v) is 8.04. The molecule has 162 valence electrons. The molecule has 3 aromatic carbocycles. The van der Waals surface area contributed by atoms with E-state index in [0.717, 1.165) is 23.3 Å². The first-order valence-corrected chi connectivity index (χ1v) is 10.2. The van der Waals surface area contributed by atoms with Crippen molar-refractivity contribution in [2.24, 2.45) is 5.73 Å². The van der Waals surface area contributed by atoms with Gasteiger partial charge in [-0.15, -0.1) is 0 Å². The third kappa shape index (κ3) is 3.76. The van der Waals surface area contributed by atoms with Crippen molar-refractivity contribution in [2.45, 2.75) is 24.6 Å². The van der Waals surface area contributed by atoms with Gasteiger partial charge in [0.1, 0.15) is 17.3 Å². The van der Waals surface area contributed by atoms with Crippen LogP contribution >= 0.6 is 0 Å². The maximum absolute atomic E-state index is 13.4. The minimum atomic E-state index is -4.48. The summed E-state index contributed by atoms with van der Waals surface area (Å²) in [5, 5.41) is 0. The molecule has 0 unspecified atom stereocenters. The molecule has 7 heteroatoms. The Morgan fingerprint density at radius 2 is 1.56 bits per heavy atom. The van der Waals surface area contributed by atoms with E-state index in [0.29, 0.717) is 30.1 Å². The van der Waals surface area contributed by atoms with Crippen molar-refractivity contribution in [3.8, 4) is 22.8 Å². The number of nitrogens with one attached hydrogen (secondary N) is 1. The Bertz CT molecular complexity index is 1240. The molecule has 0 spiro atoms. The number of hydrogen-bond donors (Lipinski definition) is 2. The third-order valence-corrected chi connectivity index (χ3v) is 5.73. The van der Waals surface area contributed by atoms with Crippen molar-refractivity contribution in [3.63, 3.8) is 0 Å². The minimum absolute atomic E-state index is 0.241. The molecule has 0 radical (unpaired) electrons. The van der Waals surface area contributed by atoms with E-state index in [-0.39, 0.29) is 11.3 Å². The van der Waals surface area contributed by atoms with Gasteiger partial charge < -0.3 is 15.5 Å². The maximum Gasteiger partial charge on any atom is 0.416 e. The number of ether oxygens (including phenoxy) is 1. The predicted molar refractivity (Wildman–Crippen MR) is 115 cm³/mol. The van der Waals surface area contributed by atoms with Crippen LogP contribution in [-0.4, -0.2) is 9.97 Å². The zero-order chi connectivity index (χ0) is 22.3. The van der Waals surface area contributed by atoms with Gasteiger partial charge >= 0.3 is 6.18 Å². The average Bonchev–Trinajstić information content (AvgIpc) is 3.39. The van der Waals surface area contributed by atoms with Crippen molar-refractivity contribution in [3.05, 3.63) is 102 Å². The Balaban J connectivity index is 1.53. The number of fused-ring (bicyclic) bond motifs is 1. The molecule has 0 bridgehead atoms. The van der Waals surface area contributed by atoms with Gasteiger partial charge in [0.15, 0.2) is 0 Å². The molecule has 0 saturated heterocycles. The van der Waals surface area contributed by atoms with Gasteiger partial charge in [-0.05, 0) is 54.3 Å². The summed E-state index contributed by atoms with van der Waals surface area (Å²) in [6.45, 7) is 0. The number of alkyl halides is 3. The van der Waals surface area contributed by atoms with E-state index in [9.17, 15) is 13.2 Å². The summed E-state index contributed by atoms with van der Waals surface area (Å²) in [5.41, 5.74) is 8.05. The lowest BCUT2D eigenvalue weighted by Crippen LogP contribution is -2.38. The van der Waals surface area contributed by atoms with Crippen LogP contribution in [0.3, 0.4) is 0 Å². The number of imidazole rings is 1. The summed E-state index contributed by atoms with van der Waals surface area (Å²) < 4.78 is 46.1. The Kier molecular flexibility index (Phi) is 4.78. The number of rotatable bonds is 4. The molecule has 1 aromatic heterocycles. The van der Waals surface area contributed by atoms with Crippen molar-refractivity contribution in [2.75, 3.05) is 0 Å². The Labute approximate surface area is 182 Å². The molecule has 3 N–H and O–H groups in total. The van der Waals surface area contributed by atoms with Gasteiger partial charge in [0.25, 0.3) is 0 Å². The number of para-hydroxylation sites is 1. The molecule has 4 nitrogen and oxygen atoms in total. The average molecular weight is 435 g/mol. The molecular weight excluding hydrogens is 415 g/mol. The summed E-state index contributed by atoms with van der Waals surface area (Å²) >= 11 is 0. The predicted octanol–water partition coefficient (Wildman–Crippen LogP) is 5.84. The number of nitrogens with zero attached hydrogens (tertiary/aromatic N) is 1. The lowest BCUT2D eigenvalue weighted by Gasteiger charge is -2.20. The molecular formula is C25H20F3N3O. The molecule has 0 atom stereocenters. The summed E-state index contributed by atoms with van der Waals surface area (Å²) in [4.78, 5) is 7.71. The largest absolute Gasteiger partial charge is 0.457 e. The van der Waals surface area contributed by atoms with Crippen LogP contribution in [0.15, 0.2) is 79.0 Å². The van der Waals surface area contributed by atoms with Crippen molar-refractivity contribution in [1.82, 2.24) is 9.97 Å². The van der Waals surface area contributed by atoms with Crippen molar-refractivity contribution >= 4 is 0 Å². The summed E-state index contributed by atoms with van der Waals surface area (Å²) in [6, 6.07) is 20.3.